The molecule has 94 valence electrons. The SMILES string of the molecule is CCCCC(N)C(=O)N1CCC(O)C(C)C1. The number of unbranched alkanes of at least 4 members (excludes halogenated alkanes) is 1. The molecule has 1 aliphatic heterocycles. The van der Waals surface area contributed by atoms with Crippen molar-refractivity contribution in [2.24, 2.45) is 11.7 Å². The third-order valence-electron chi connectivity index (χ3n) is 3.36. The molecule has 1 aliphatic rings. The van der Waals surface area contributed by atoms with Crippen LogP contribution in [0.2, 0.25) is 0 Å². The van der Waals surface area contributed by atoms with Crippen LogP contribution >= 0.6 is 0 Å². The summed E-state index contributed by atoms with van der Waals surface area (Å²) in [5, 5.41) is 9.59. The molecular weight excluding hydrogens is 204 g/mol. The predicted molar refractivity (Wildman–Crippen MR) is 63.9 cm³/mol. The second kappa shape index (κ2) is 6.21. The number of piperidine rings is 1. The van der Waals surface area contributed by atoms with E-state index in [0.29, 0.717) is 19.5 Å². The topological polar surface area (TPSA) is 66.6 Å². The molecule has 0 aromatic rings. The highest BCUT2D eigenvalue weighted by molar-refractivity contribution is 5.81. The van der Waals surface area contributed by atoms with E-state index in [1.165, 1.54) is 0 Å². The van der Waals surface area contributed by atoms with E-state index >= 15 is 0 Å². The molecule has 0 aromatic heterocycles. The quantitative estimate of drug-likeness (QED) is 0.745. The summed E-state index contributed by atoms with van der Waals surface area (Å²) in [6, 6.07) is -0.359. The van der Waals surface area contributed by atoms with Gasteiger partial charge in [-0.25, -0.2) is 0 Å². The van der Waals surface area contributed by atoms with Crippen molar-refractivity contribution in [2.75, 3.05) is 13.1 Å². The number of nitrogens with zero attached hydrogens (tertiary/aromatic N) is 1. The molecule has 0 saturated carbocycles. The Balaban J connectivity index is 2.42. The summed E-state index contributed by atoms with van der Waals surface area (Å²) in [7, 11) is 0. The number of carbonyl (C=O) groups is 1. The summed E-state index contributed by atoms with van der Waals surface area (Å²) in [6.07, 6.45) is 3.24. The average molecular weight is 228 g/mol. The first-order valence-corrected chi connectivity index (χ1v) is 6.28. The molecule has 0 aromatic carbocycles. The molecule has 1 fully saturated rings. The van der Waals surface area contributed by atoms with Crippen LogP contribution in [0, 0.1) is 5.92 Å². The molecule has 1 rings (SSSR count). The maximum Gasteiger partial charge on any atom is 0.239 e. The van der Waals surface area contributed by atoms with Crippen molar-refractivity contribution in [2.45, 2.75) is 51.7 Å². The second-order valence-electron chi connectivity index (χ2n) is 4.87. The molecule has 1 saturated heterocycles. The van der Waals surface area contributed by atoms with Gasteiger partial charge in [0.15, 0.2) is 0 Å². The van der Waals surface area contributed by atoms with Gasteiger partial charge in [0.1, 0.15) is 0 Å². The maximum absolute atomic E-state index is 12.0. The number of aliphatic hydroxyl groups is 1. The molecule has 4 heteroatoms. The van der Waals surface area contributed by atoms with Gasteiger partial charge < -0.3 is 15.7 Å². The number of aliphatic hydroxyl groups excluding tert-OH is 1. The first-order chi connectivity index (χ1) is 7.56. The zero-order chi connectivity index (χ0) is 12.1. The van der Waals surface area contributed by atoms with Gasteiger partial charge in [-0.1, -0.05) is 26.7 Å². The van der Waals surface area contributed by atoms with Crippen molar-refractivity contribution < 1.29 is 9.90 Å². The number of likely N-dealkylation sites (tertiary alicyclic amines) is 1. The highest BCUT2D eigenvalue weighted by atomic mass is 16.3. The van der Waals surface area contributed by atoms with Gasteiger partial charge in [-0.05, 0) is 18.8 Å². The lowest BCUT2D eigenvalue weighted by atomic mass is 9.96. The standard InChI is InChI=1S/C12H24N2O2/c1-3-4-5-10(13)12(16)14-7-6-11(15)9(2)8-14/h9-11,15H,3-8,13H2,1-2H3. The largest absolute Gasteiger partial charge is 0.393 e. The van der Waals surface area contributed by atoms with Crippen LogP contribution < -0.4 is 5.73 Å². The van der Waals surface area contributed by atoms with Gasteiger partial charge in [-0.2, -0.15) is 0 Å². The van der Waals surface area contributed by atoms with Gasteiger partial charge in [-0.3, -0.25) is 4.79 Å². The second-order valence-corrected chi connectivity index (χ2v) is 4.87. The lowest BCUT2D eigenvalue weighted by molar-refractivity contribution is -0.136. The Kier molecular flexibility index (Phi) is 5.22. The molecule has 0 bridgehead atoms. The number of hydrogen-bond donors (Lipinski definition) is 2. The number of carbonyl (C=O) groups excluding carboxylic acids is 1. The third-order valence-corrected chi connectivity index (χ3v) is 3.36. The number of nitrogens with two attached hydrogens (primary N) is 1. The van der Waals surface area contributed by atoms with Gasteiger partial charge in [-0.15, -0.1) is 0 Å². The molecule has 3 atom stereocenters. The van der Waals surface area contributed by atoms with Crippen molar-refractivity contribution in [3.8, 4) is 0 Å². The molecule has 3 unspecified atom stereocenters. The molecule has 0 aliphatic carbocycles. The van der Waals surface area contributed by atoms with Crippen LogP contribution in [0.15, 0.2) is 0 Å². The first-order valence-electron chi connectivity index (χ1n) is 6.28. The Labute approximate surface area is 97.8 Å². The van der Waals surface area contributed by atoms with E-state index in [1.54, 1.807) is 4.90 Å². The van der Waals surface area contributed by atoms with Crippen molar-refractivity contribution in [3.05, 3.63) is 0 Å². The van der Waals surface area contributed by atoms with Crippen molar-refractivity contribution in [1.82, 2.24) is 4.90 Å². The molecular formula is C12H24N2O2. The summed E-state index contributed by atoms with van der Waals surface area (Å²) in [5.74, 6) is 0.211. The number of rotatable bonds is 4. The van der Waals surface area contributed by atoms with Crippen molar-refractivity contribution in [1.29, 1.82) is 0 Å². The minimum Gasteiger partial charge on any atom is -0.393 e. The Bertz CT molecular complexity index is 233. The Morgan fingerprint density at radius 2 is 2.31 bits per heavy atom. The van der Waals surface area contributed by atoms with Gasteiger partial charge >= 0.3 is 0 Å². The molecule has 1 amide bonds. The molecule has 16 heavy (non-hydrogen) atoms. The van der Waals surface area contributed by atoms with Crippen LogP contribution in [-0.4, -0.2) is 41.1 Å². The van der Waals surface area contributed by atoms with Crippen LogP contribution in [0.3, 0.4) is 0 Å². The lowest BCUT2D eigenvalue weighted by Gasteiger charge is -2.35. The van der Waals surface area contributed by atoms with Crippen molar-refractivity contribution >= 4 is 5.91 Å². The third kappa shape index (κ3) is 3.46. The van der Waals surface area contributed by atoms with Gasteiger partial charge in [0.05, 0.1) is 12.1 Å². The number of amides is 1. The van der Waals surface area contributed by atoms with E-state index in [2.05, 4.69) is 6.92 Å². The summed E-state index contributed by atoms with van der Waals surface area (Å²) in [4.78, 5) is 13.8. The fourth-order valence-electron chi connectivity index (χ4n) is 2.12. The molecule has 1 heterocycles. The van der Waals surface area contributed by atoms with E-state index in [1.807, 2.05) is 6.92 Å². The number of hydrogen-bond acceptors (Lipinski definition) is 3. The van der Waals surface area contributed by atoms with Crippen LogP contribution in [0.4, 0.5) is 0 Å². The van der Waals surface area contributed by atoms with E-state index < -0.39 is 0 Å². The van der Waals surface area contributed by atoms with Gasteiger partial charge in [0.2, 0.25) is 5.91 Å². The van der Waals surface area contributed by atoms with Gasteiger partial charge in [0.25, 0.3) is 0 Å². The van der Waals surface area contributed by atoms with Crippen molar-refractivity contribution in [3.63, 3.8) is 0 Å². The van der Waals surface area contributed by atoms with Gasteiger partial charge in [0, 0.05) is 13.1 Å². The van der Waals surface area contributed by atoms with Crippen LogP contribution in [0.5, 0.6) is 0 Å². The van der Waals surface area contributed by atoms with E-state index in [9.17, 15) is 9.90 Å². The van der Waals surface area contributed by atoms with Crippen LogP contribution in [0.25, 0.3) is 0 Å². The summed E-state index contributed by atoms with van der Waals surface area (Å²) in [5.41, 5.74) is 5.86. The lowest BCUT2D eigenvalue weighted by Crippen LogP contribution is -2.50. The molecule has 0 radical (unpaired) electrons. The zero-order valence-corrected chi connectivity index (χ0v) is 10.4. The van der Waals surface area contributed by atoms with E-state index in [-0.39, 0.29) is 24.0 Å². The molecule has 3 N–H and O–H groups in total. The normalized spacial score (nSPS) is 27.9. The zero-order valence-electron chi connectivity index (χ0n) is 10.4. The highest BCUT2D eigenvalue weighted by Crippen LogP contribution is 2.17. The van der Waals surface area contributed by atoms with Crippen LogP contribution in [0.1, 0.15) is 39.5 Å². The summed E-state index contributed by atoms with van der Waals surface area (Å²) in [6.45, 7) is 5.35. The van der Waals surface area contributed by atoms with E-state index in [4.69, 9.17) is 5.73 Å². The maximum atomic E-state index is 12.0. The Hall–Kier alpha value is -0.610. The summed E-state index contributed by atoms with van der Waals surface area (Å²) >= 11 is 0. The predicted octanol–water partition coefficient (Wildman–Crippen LogP) is 0.733. The first kappa shape index (κ1) is 13.5. The fraction of sp³-hybridized carbons (Fsp3) is 0.917. The average Bonchev–Trinajstić information content (AvgIpc) is 2.28. The monoisotopic (exact) mass is 228 g/mol. The Morgan fingerprint density at radius 3 is 2.88 bits per heavy atom. The fourth-order valence-corrected chi connectivity index (χ4v) is 2.12. The molecule has 0 spiro atoms. The minimum atomic E-state index is -0.359. The summed E-state index contributed by atoms with van der Waals surface area (Å²) < 4.78 is 0. The minimum absolute atomic E-state index is 0.0483. The van der Waals surface area contributed by atoms with Crippen LogP contribution in [-0.2, 0) is 4.79 Å². The highest BCUT2D eigenvalue weighted by Gasteiger charge is 2.29. The smallest absolute Gasteiger partial charge is 0.239 e. The Morgan fingerprint density at radius 1 is 1.62 bits per heavy atom. The van der Waals surface area contributed by atoms with E-state index in [0.717, 1.165) is 19.3 Å². The molecule has 4 nitrogen and oxygen atoms in total.